The van der Waals surface area contributed by atoms with Crippen LogP contribution in [0.2, 0.25) is 0 Å². The van der Waals surface area contributed by atoms with Gasteiger partial charge in [0, 0.05) is 5.56 Å². The summed E-state index contributed by atoms with van der Waals surface area (Å²) in [6.45, 7) is 0.241. The fourth-order valence-corrected chi connectivity index (χ4v) is 3.00. The highest BCUT2D eigenvalue weighted by Crippen LogP contribution is 2.29. The van der Waals surface area contributed by atoms with Crippen molar-refractivity contribution in [3.8, 4) is 23.0 Å². The highest BCUT2D eigenvalue weighted by atomic mass is 16.5. The number of rotatable bonds is 10. The predicted octanol–water partition coefficient (Wildman–Crippen LogP) is 3.75. The van der Waals surface area contributed by atoms with Crippen LogP contribution in [-0.4, -0.2) is 44.5 Å². The Morgan fingerprint density at radius 3 is 2.09 bits per heavy atom. The van der Waals surface area contributed by atoms with Gasteiger partial charge in [0.15, 0.2) is 23.0 Å². The lowest BCUT2D eigenvalue weighted by Crippen LogP contribution is -2.17. The lowest BCUT2D eigenvalue weighted by atomic mass is 10.1. The van der Waals surface area contributed by atoms with Gasteiger partial charge in [0.25, 0.3) is 5.91 Å². The molecular weight excluding hydrogens is 440 g/mol. The van der Waals surface area contributed by atoms with Crippen LogP contribution in [0.3, 0.4) is 0 Å². The van der Waals surface area contributed by atoms with Gasteiger partial charge in [-0.15, -0.1) is 0 Å². The quantitative estimate of drug-likeness (QED) is 0.347. The fourth-order valence-electron chi connectivity index (χ4n) is 3.00. The largest absolute Gasteiger partial charge is 0.493 e. The monoisotopic (exact) mass is 464 g/mol. The number of aromatic carboxylic acids is 1. The van der Waals surface area contributed by atoms with Gasteiger partial charge in [0.1, 0.15) is 6.61 Å². The molecule has 3 rings (SSSR count). The molecule has 3 aromatic rings. The van der Waals surface area contributed by atoms with Crippen LogP contribution in [0.15, 0.2) is 65.8 Å². The summed E-state index contributed by atoms with van der Waals surface area (Å²) in [4.78, 5) is 23.3. The molecule has 0 atom stereocenters. The first kappa shape index (κ1) is 24.1. The Bertz CT molecular complexity index is 1190. The molecule has 0 aliphatic rings. The van der Waals surface area contributed by atoms with E-state index in [0.29, 0.717) is 34.1 Å². The standard InChI is InChI=1S/C25H24N2O7/c1-31-20-11-9-19(13-23(20)33-3)24(28)27-26-14-17-6-10-21(22(12-17)32-2)34-15-16-4-7-18(8-5-16)25(29)30/h4-14H,15H2,1-3H3,(H,27,28)(H,29,30)/b26-14+. The summed E-state index contributed by atoms with van der Waals surface area (Å²) in [6, 6.07) is 16.4. The lowest BCUT2D eigenvalue weighted by molar-refractivity contribution is 0.0696. The highest BCUT2D eigenvalue weighted by Gasteiger charge is 2.10. The van der Waals surface area contributed by atoms with E-state index >= 15 is 0 Å². The van der Waals surface area contributed by atoms with Crippen molar-refractivity contribution in [1.29, 1.82) is 0 Å². The topological polar surface area (TPSA) is 116 Å². The van der Waals surface area contributed by atoms with Crippen molar-refractivity contribution < 1.29 is 33.6 Å². The molecule has 9 heteroatoms. The number of carbonyl (C=O) groups is 2. The average Bonchev–Trinajstić information content (AvgIpc) is 2.87. The molecule has 0 spiro atoms. The maximum absolute atomic E-state index is 12.4. The predicted molar refractivity (Wildman–Crippen MR) is 125 cm³/mol. The van der Waals surface area contributed by atoms with Crippen molar-refractivity contribution in [2.45, 2.75) is 6.61 Å². The maximum Gasteiger partial charge on any atom is 0.335 e. The minimum Gasteiger partial charge on any atom is -0.493 e. The molecule has 3 aromatic carbocycles. The minimum absolute atomic E-state index is 0.211. The van der Waals surface area contributed by atoms with E-state index in [1.165, 1.54) is 39.7 Å². The number of nitrogens with one attached hydrogen (secondary N) is 1. The van der Waals surface area contributed by atoms with E-state index in [9.17, 15) is 9.59 Å². The molecule has 0 radical (unpaired) electrons. The second-order valence-electron chi connectivity index (χ2n) is 6.97. The lowest BCUT2D eigenvalue weighted by Gasteiger charge is -2.11. The van der Waals surface area contributed by atoms with Crippen LogP contribution in [0.25, 0.3) is 0 Å². The van der Waals surface area contributed by atoms with Gasteiger partial charge < -0.3 is 24.1 Å². The van der Waals surface area contributed by atoms with Crippen LogP contribution in [0.5, 0.6) is 23.0 Å². The van der Waals surface area contributed by atoms with Gasteiger partial charge in [0.05, 0.1) is 33.1 Å². The Kier molecular flexibility index (Phi) is 8.07. The third kappa shape index (κ3) is 6.04. The minimum atomic E-state index is -0.980. The van der Waals surface area contributed by atoms with E-state index in [-0.39, 0.29) is 12.2 Å². The van der Waals surface area contributed by atoms with Crippen LogP contribution < -0.4 is 24.4 Å². The summed E-state index contributed by atoms with van der Waals surface area (Å²) in [6.07, 6.45) is 1.48. The summed E-state index contributed by atoms with van der Waals surface area (Å²) in [5, 5.41) is 13.0. The number of carbonyl (C=O) groups excluding carboxylic acids is 1. The number of hydrogen-bond donors (Lipinski definition) is 2. The van der Waals surface area contributed by atoms with Crippen molar-refractivity contribution in [2.75, 3.05) is 21.3 Å². The molecule has 176 valence electrons. The van der Waals surface area contributed by atoms with Crippen LogP contribution in [0, 0.1) is 0 Å². The normalized spacial score (nSPS) is 10.6. The average molecular weight is 464 g/mol. The smallest absolute Gasteiger partial charge is 0.335 e. The van der Waals surface area contributed by atoms with E-state index in [1.807, 2.05) is 0 Å². The highest BCUT2D eigenvalue weighted by molar-refractivity contribution is 5.95. The molecule has 1 amide bonds. The molecule has 0 aromatic heterocycles. The number of hydrogen-bond acceptors (Lipinski definition) is 7. The van der Waals surface area contributed by atoms with Crippen LogP contribution in [-0.2, 0) is 6.61 Å². The number of methoxy groups -OCH3 is 3. The maximum atomic E-state index is 12.4. The number of benzene rings is 3. The Labute approximate surface area is 196 Å². The SMILES string of the molecule is COc1ccc(C(=O)N/N=C/c2ccc(OCc3ccc(C(=O)O)cc3)c(OC)c2)cc1OC. The number of hydrazone groups is 1. The summed E-state index contributed by atoms with van der Waals surface area (Å²) >= 11 is 0. The Hall–Kier alpha value is -4.53. The second kappa shape index (κ2) is 11.4. The molecule has 0 saturated carbocycles. The molecule has 0 unspecified atom stereocenters. The summed E-state index contributed by atoms with van der Waals surface area (Å²) in [5.41, 5.74) is 4.55. The van der Waals surface area contributed by atoms with Crippen LogP contribution >= 0.6 is 0 Å². The zero-order valence-electron chi connectivity index (χ0n) is 18.9. The van der Waals surface area contributed by atoms with Crippen molar-refractivity contribution in [2.24, 2.45) is 5.10 Å². The van der Waals surface area contributed by atoms with Gasteiger partial charge in [-0.1, -0.05) is 12.1 Å². The molecule has 0 aliphatic heterocycles. The Balaban J connectivity index is 1.62. The van der Waals surface area contributed by atoms with E-state index in [0.717, 1.165) is 5.56 Å². The second-order valence-corrected chi connectivity index (χ2v) is 6.97. The van der Waals surface area contributed by atoms with Gasteiger partial charge in [-0.3, -0.25) is 4.79 Å². The third-order valence-corrected chi connectivity index (χ3v) is 4.81. The van der Waals surface area contributed by atoms with Gasteiger partial charge in [-0.25, -0.2) is 10.2 Å². The Morgan fingerprint density at radius 2 is 1.44 bits per heavy atom. The van der Waals surface area contributed by atoms with Crippen molar-refractivity contribution >= 4 is 18.1 Å². The first-order chi connectivity index (χ1) is 16.4. The molecule has 0 heterocycles. The molecule has 34 heavy (non-hydrogen) atoms. The van der Waals surface area contributed by atoms with Crippen molar-refractivity contribution in [3.05, 3.63) is 82.9 Å². The third-order valence-electron chi connectivity index (χ3n) is 4.81. The summed E-state index contributed by atoms with van der Waals surface area (Å²) in [5.74, 6) is 0.574. The summed E-state index contributed by atoms with van der Waals surface area (Å²) in [7, 11) is 4.53. The number of nitrogens with zero attached hydrogens (tertiary/aromatic N) is 1. The Morgan fingerprint density at radius 1 is 0.824 bits per heavy atom. The number of carboxylic acids is 1. The number of ether oxygens (including phenoxy) is 4. The molecule has 0 fully saturated rings. The van der Waals surface area contributed by atoms with E-state index in [1.54, 1.807) is 48.5 Å². The zero-order valence-corrected chi connectivity index (χ0v) is 18.9. The zero-order chi connectivity index (χ0) is 24.5. The number of amides is 1. The van der Waals surface area contributed by atoms with Crippen molar-refractivity contribution in [1.82, 2.24) is 5.43 Å². The first-order valence-electron chi connectivity index (χ1n) is 10.1. The summed E-state index contributed by atoms with van der Waals surface area (Å²) < 4.78 is 21.6. The van der Waals surface area contributed by atoms with Crippen LogP contribution in [0.1, 0.15) is 31.8 Å². The first-order valence-corrected chi connectivity index (χ1v) is 10.1. The van der Waals surface area contributed by atoms with Gasteiger partial charge in [-0.2, -0.15) is 5.10 Å². The fraction of sp³-hybridized carbons (Fsp3) is 0.160. The van der Waals surface area contributed by atoms with Gasteiger partial charge in [-0.05, 0) is 59.7 Å². The van der Waals surface area contributed by atoms with Gasteiger partial charge in [0.2, 0.25) is 0 Å². The molecule has 0 bridgehead atoms. The van der Waals surface area contributed by atoms with E-state index in [2.05, 4.69) is 10.5 Å². The van der Waals surface area contributed by atoms with Crippen molar-refractivity contribution in [3.63, 3.8) is 0 Å². The molecule has 0 saturated heterocycles. The van der Waals surface area contributed by atoms with E-state index in [4.69, 9.17) is 24.1 Å². The van der Waals surface area contributed by atoms with Gasteiger partial charge >= 0.3 is 5.97 Å². The van der Waals surface area contributed by atoms with E-state index < -0.39 is 11.9 Å². The van der Waals surface area contributed by atoms with Crippen LogP contribution in [0.4, 0.5) is 0 Å². The molecular formula is C25H24N2O7. The number of carboxylic acid groups (broad SMARTS) is 1. The molecule has 0 aliphatic carbocycles. The molecule has 2 N–H and O–H groups in total. The molecule has 9 nitrogen and oxygen atoms in total.